The predicted molar refractivity (Wildman–Crippen MR) is 76.3 cm³/mol. The van der Waals surface area contributed by atoms with Gasteiger partial charge >= 0.3 is 21.5 Å². The molecule has 0 aliphatic carbocycles. The fourth-order valence-corrected chi connectivity index (χ4v) is 2.35. The van der Waals surface area contributed by atoms with Gasteiger partial charge in [0.25, 0.3) is 0 Å². The average Bonchev–Trinajstić information content (AvgIpc) is 2.44. The van der Waals surface area contributed by atoms with E-state index in [0.29, 0.717) is 0 Å². The van der Waals surface area contributed by atoms with E-state index in [1.165, 1.54) is 12.1 Å². The summed E-state index contributed by atoms with van der Waals surface area (Å²) in [5.41, 5.74) is 1.07. The smallest absolute Gasteiger partial charge is 0.357 e. The largest absolute Gasteiger partial charge is 0.421 e. The molecule has 0 aliphatic rings. The lowest BCUT2D eigenvalue weighted by atomic mass is 9.98. The summed E-state index contributed by atoms with van der Waals surface area (Å²) in [6, 6.07) is 6.05. The van der Waals surface area contributed by atoms with Gasteiger partial charge in [-0.3, -0.25) is 4.55 Å². The summed E-state index contributed by atoms with van der Waals surface area (Å²) in [5, 5.41) is -5.51. The first-order chi connectivity index (χ1) is 10.8. The molecule has 2 unspecified atom stereocenters. The van der Waals surface area contributed by atoms with Gasteiger partial charge in [0, 0.05) is 0 Å². The van der Waals surface area contributed by atoms with E-state index in [-0.39, 0.29) is 11.5 Å². The Bertz CT molecular complexity index is 640. The topological polar surface area (TPSA) is 63.6 Å². The molecular weight excluding hydrogens is 359 g/mol. The maximum absolute atomic E-state index is 13.3. The molecular formula is C14H17F5O4S. The highest BCUT2D eigenvalue weighted by atomic mass is 32.2. The molecule has 0 saturated heterocycles. The lowest BCUT2D eigenvalue weighted by molar-refractivity contribution is -0.267. The van der Waals surface area contributed by atoms with Gasteiger partial charge in [0.1, 0.15) is 0 Å². The van der Waals surface area contributed by atoms with Gasteiger partial charge in [0.15, 0.2) is 0 Å². The van der Waals surface area contributed by atoms with Gasteiger partial charge in [-0.1, -0.05) is 38.1 Å². The van der Waals surface area contributed by atoms with Crippen molar-refractivity contribution in [3.8, 4) is 0 Å². The SMILES string of the molecule is CCC(C)c1ccc(COC(C(F)(F)F)C(F)(F)S(=O)(=O)O)cc1. The van der Waals surface area contributed by atoms with E-state index in [0.717, 1.165) is 12.0 Å². The van der Waals surface area contributed by atoms with E-state index < -0.39 is 34.3 Å². The first-order valence-corrected chi connectivity index (χ1v) is 8.36. The van der Waals surface area contributed by atoms with Gasteiger partial charge < -0.3 is 4.74 Å². The van der Waals surface area contributed by atoms with E-state index in [4.69, 9.17) is 4.55 Å². The van der Waals surface area contributed by atoms with Crippen molar-refractivity contribution in [2.45, 2.75) is 50.3 Å². The zero-order chi connectivity index (χ0) is 18.8. The molecule has 2 atom stereocenters. The fraction of sp³-hybridized carbons (Fsp3) is 0.571. The van der Waals surface area contributed by atoms with Crippen LogP contribution in [0.2, 0.25) is 0 Å². The fourth-order valence-electron chi connectivity index (χ4n) is 1.87. The zero-order valence-electron chi connectivity index (χ0n) is 12.8. The van der Waals surface area contributed by atoms with Crippen molar-refractivity contribution >= 4 is 10.1 Å². The van der Waals surface area contributed by atoms with Gasteiger partial charge in [0.2, 0.25) is 6.10 Å². The summed E-state index contributed by atoms with van der Waals surface area (Å²) >= 11 is 0. The molecule has 0 amide bonds. The van der Waals surface area contributed by atoms with Crippen molar-refractivity contribution < 1.29 is 39.7 Å². The molecule has 24 heavy (non-hydrogen) atoms. The Balaban J connectivity index is 2.95. The third-order valence-corrected chi connectivity index (χ3v) is 4.43. The van der Waals surface area contributed by atoms with E-state index in [1.807, 2.05) is 13.8 Å². The van der Waals surface area contributed by atoms with Crippen molar-refractivity contribution in [3.05, 3.63) is 35.4 Å². The van der Waals surface area contributed by atoms with Crippen LogP contribution in [0.1, 0.15) is 37.3 Å². The molecule has 0 heterocycles. The molecule has 0 aliphatic heterocycles. The highest BCUT2D eigenvalue weighted by Gasteiger charge is 2.64. The standard InChI is InChI=1S/C14H17F5O4S/c1-3-9(2)11-6-4-10(5-7-11)8-23-12(13(15,16)17)14(18,19)24(20,21)22/h4-7,9,12H,3,8H2,1-2H3,(H,20,21,22). The highest BCUT2D eigenvalue weighted by Crippen LogP contribution is 2.38. The minimum atomic E-state index is -6.29. The van der Waals surface area contributed by atoms with Crippen LogP contribution >= 0.6 is 0 Å². The lowest BCUT2D eigenvalue weighted by Gasteiger charge is -2.26. The van der Waals surface area contributed by atoms with Crippen LogP contribution in [0, 0.1) is 0 Å². The number of benzene rings is 1. The minimum Gasteiger partial charge on any atom is -0.357 e. The molecule has 0 radical (unpaired) electrons. The van der Waals surface area contributed by atoms with Crippen LogP contribution in [-0.2, 0) is 21.5 Å². The van der Waals surface area contributed by atoms with Gasteiger partial charge in [-0.05, 0) is 23.5 Å². The van der Waals surface area contributed by atoms with Crippen LogP contribution < -0.4 is 0 Å². The first-order valence-electron chi connectivity index (χ1n) is 6.92. The molecule has 1 rings (SSSR count). The van der Waals surface area contributed by atoms with Gasteiger partial charge in [0.05, 0.1) is 6.61 Å². The monoisotopic (exact) mass is 376 g/mol. The van der Waals surface area contributed by atoms with Crippen LogP contribution in [0.25, 0.3) is 0 Å². The van der Waals surface area contributed by atoms with Crippen LogP contribution in [0.3, 0.4) is 0 Å². The van der Waals surface area contributed by atoms with Crippen LogP contribution in [0.15, 0.2) is 24.3 Å². The normalized spacial score (nSPS) is 16.0. The van der Waals surface area contributed by atoms with Crippen molar-refractivity contribution in [1.29, 1.82) is 0 Å². The number of alkyl halides is 5. The molecule has 0 fully saturated rings. The number of hydrogen-bond donors (Lipinski definition) is 1. The maximum atomic E-state index is 13.3. The summed E-state index contributed by atoms with van der Waals surface area (Å²) in [6.45, 7) is 3.00. The molecule has 0 saturated carbocycles. The lowest BCUT2D eigenvalue weighted by Crippen LogP contribution is -2.51. The molecule has 0 bridgehead atoms. The van der Waals surface area contributed by atoms with Crippen molar-refractivity contribution in [3.63, 3.8) is 0 Å². The Labute approximate surface area is 136 Å². The second kappa shape index (κ2) is 7.32. The van der Waals surface area contributed by atoms with Crippen LogP contribution in [0.5, 0.6) is 0 Å². The molecule has 0 spiro atoms. The Hall–Kier alpha value is -1.26. The van der Waals surface area contributed by atoms with Crippen LogP contribution in [-0.4, -0.2) is 30.5 Å². The van der Waals surface area contributed by atoms with E-state index in [2.05, 4.69) is 4.74 Å². The summed E-state index contributed by atoms with van der Waals surface area (Å²) in [5.74, 6) is 0.215. The molecule has 4 nitrogen and oxygen atoms in total. The Morgan fingerprint density at radius 3 is 2.00 bits per heavy atom. The van der Waals surface area contributed by atoms with Crippen LogP contribution in [0.4, 0.5) is 22.0 Å². The summed E-state index contributed by atoms with van der Waals surface area (Å²) in [4.78, 5) is 0. The number of halogens is 5. The van der Waals surface area contributed by atoms with Gasteiger partial charge in [-0.2, -0.15) is 30.4 Å². The second-order valence-electron chi connectivity index (χ2n) is 5.32. The van der Waals surface area contributed by atoms with E-state index >= 15 is 0 Å². The highest BCUT2D eigenvalue weighted by molar-refractivity contribution is 7.86. The second-order valence-corrected chi connectivity index (χ2v) is 6.81. The Morgan fingerprint density at radius 1 is 1.12 bits per heavy atom. The summed E-state index contributed by atoms with van der Waals surface area (Å²) < 4.78 is 98.2. The van der Waals surface area contributed by atoms with Crippen molar-refractivity contribution in [1.82, 2.24) is 0 Å². The quantitative estimate of drug-likeness (QED) is 0.574. The van der Waals surface area contributed by atoms with Gasteiger partial charge in [-0.15, -0.1) is 0 Å². The molecule has 1 aromatic rings. The summed E-state index contributed by atoms with van der Waals surface area (Å²) in [7, 11) is -6.29. The van der Waals surface area contributed by atoms with E-state index in [1.54, 1.807) is 12.1 Å². The number of ether oxygens (including phenoxy) is 1. The molecule has 0 aromatic heterocycles. The van der Waals surface area contributed by atoms with E-state index in [9.17, 15) is 30.4 Å². The Morgan fingerprint density at radius 2 is 1.62 bits per heavy atom. The number of rotatable bonds is 7. The minimum absolute atomic E-state index is 0.155. The molecule has 10 heteroatoms. The molecule has 138 valence electrons. The molecule has 1 N–H and O–H groups in total. The molecule has 1 aromatic carbocycles. The third kappa shape index (κ3) is 4.87. The third-order valence-electron chi connectivity index (χ3n) is 3.52. The average molecular weight is 376 g/mol. The summed E-state index contributed by atoms with van der Waals surface area (Å²) in [6.07, 6.45) is -8.82. The van der Waals surface area contributed by atoms with Gasteiger partial charge in [-0.25, -0.2) is 0 Å². The predicted octanol–water partition coefficient (Wildman–Crippen LogP) is 4.13. The van der Waals surface area contributed by atoms with Crippen molar-refractivity contribution in [2.75, 3.05) is 0 Å². The maximum Gasteiger partial charge on any atom is 0.421 e. The number of hydrogen-bond acceptors (Lipinski definition) is 3. The zero-order valence-corrected chi connectivity index (χ0v) is 13.7. The van der Waals surface area contributed by atoms with Crippen molar-refractivity contribution in [2.24, 2.45) is 0 Å². The Kier molecular flexibility index (Phi) is 6.34. The first kappa shape index (κ1) is 20.8.